The Morgan fingerprint density at radius 3 is 1.24 bits per heavy atom. The first-order valence-electron chi connectivity index (χ1n) is 11.9. The molecule has 4 rings (SSSR count). The van der Waals surface area contributed by atoms with Gasteiger partial charge in [-0.25, -0.2) is 0 Å². The predicted molar refractivity (Wildman–Crippen MR) is 108 cm³/mol. The lowest BCUT2D eigenvalue weighted by molar-refractivity contribution is -0.00508. The average Bonchev–Trinajstić information content (AvgIpc) is 3.04. The molecular weight excluding hydrogens is 300 g/mol. The minimum atomic E-state index is 0.537. The van der Waals surface area contributed by atoms with Gasteiger partial charge in [0.05, 0.1) is 0 Å². The zero-order chi connectivity index (χ0) is 17.9. The molecule has 0 N–H and O–H groups in total. The summed E-state index contributed by atoms with van der Waals surface area (Å²) < 4.78 is 0. The van der Waals surface area contributed by atoms with Crippen molar-refractivity contribution in [3.63, 3.8) is 0 Å². The standard InChI is InChI=1S/C25H44/c1-15-16(2)18(4)23(17(15)3)25(5,6)24-21-13-9-7-11-19(21)20-12-8-10-14-22(20)24/h15-24H,7-14H2,1-6H3. The van der Waals surface area contributed by atoms with E-state index in [4.69, 9.17) is 0 Å². The Morgan fingerprint density at radius 2 is 0.840 bits per heavy atom. The van der Waals surface area contributed by atoms with Gasteiger partial charge in [-0.15, -0.1) is 0 Å². The minimum absolute atomic E-state index is 0.537. The van der Waals surface area contributed by atoms with Crippen molar-refractivity contribution in [1.29, 1.82) is 0 Å². The fraction of sp³-hybridized carbons (Fsp3) is 1.00. The molecule has 0 aromatic heterocycles. The molecule has 144 valence electrons. The highest BCUT2D eigenvalue weighted by Crippen LogP contribution is 2.66. The van der Waals surface area contributed by atoms with Gasteiger partial charge in [-0.2, -0.15) is 0 Å². The third-order valence-corrected chi connectivity index (χ3v) is 10.6. The summed E-state index contributed by atoms with van der Waals surface area (Å²) in [5, 5.41) is 0. The van der Waals surface area contributed by atoms with E-state index >= 15 is 0 Å². The van der Waals surface area contributed by atoms with Gasteiger partial charge >= 0.3 is 0 Å². The molecule has 0 nitrogen and oxygen atoms in total. The lowest BCUT2D eigenvalue weighted by atomic mass is 9.56. The second kappa shape index (κ2) is 6.56. The summed E-state index contributed by atoms with van der Waals surface area (Å²) in [7, 11) is 0. The van der Waals surface area contributed by atoms with E-state index in [0.717, 1.165) is 59.2 Å². The van der Waals surface area contributed by atoms with Gasteiger partial charge in [0, 0.05) is 0 Å². The van der Waals surface area contributed by atoms with Crippen LogP contribution in [-0.4, -0.2) is 0 Å². The topological polar surface area (TPSA) is 0 Å². The van der Waals surface area contributed by atoms with Gasteiger partial charge in [-0.1, -0.05) is 67.2 Å². The molecule has 0 amide bonds. The van der Waals surface area contributed by atoms with E-state index in [1.54, 1.807) is 25.7 Å². The molecule has 0 radical (unpaired) electrons. The van der Waals surface area contributed by atoms with E-state index in [-0.39, 0.29) is 0 Å². The maximum Gasteiger partial charge on any atom is -0.0287 e. The first-order chi connectivity index (χ1) is 11.9. The third kappa shape index (κ3) is 2.67. The van der Waals surface area contributed by atoms with Crippen molar-refractivity contribution in [2.24, 2.45) is 64.6 Å². The zero-order valence-electron chi connectivity index (χ0n) is 17.9. The van der Waals surface area contributed by atoms with Crippen LogP contribution in [0.15, 0.2) is 0 Å². The molecule has 0 aromatic carbocycles. The second-order valence-electron chi connectivity index (χ2n) is 11.5. The van der Waals surface area contributed by atoms with Crippen LogP contribution in [0.2, 0.25) is 0 Å². The number of hydrogen-bond acceptors (Lipinski definition) is 0. The van der Waals surface area contributed by atoms with Crippen LogP contribution in [0.3, 0.4) is 0 Å². The third-order valence-electron chi connectivity index (χ3n) is 10.6. The van der Waals surface area contributed by atoms with Gasteiger partial charge in [0.1, 0.15) is 0 Å². The molecule has 25 heavy (non-hydrogen) atoms. The van der Waals surface area contributed by atoms with Crippen LogP contribution in [0.4, 0.5) is 0 Å². The van der Waals surface area contributed by atoms with Crippen molar-refractivity contribution in [2.75, 3.05) is 0 Å². The molecule has 4 saturated carbocycles. The maximum absolute atomic E-state index is 2.72. The number of fused-ring (bicyclic) bond motifs is 3. The van der Waals surface area contributed by atoms with Crippen molar-refractivity contribution in [3.05, 3.63) is 0 Å². The maximum atomic E-state index is 2.72. The van der Waals surface area contributed by atoms with Crippen LogP contribution < -0.4 is 0 Å². The molecular formula is C25H44. The fourth-order valence-electron chi connectivity index (χ4n) is 9.42. The van der Waals surface area contributed by atoms with E-state index in [2.05, 4.69) is 41.5 Å². The quantitative estimate of drug-likeness (QED) is 0.488. The van der Waals surface area contributed by atoms with E-state index in [1.807, 2.05) is 0 Å². The summed E-state index contributed by atoms with van der Waals surface area (Å²) in [5.74, 6) is 9.94. The van der Waals surface area contributed by atoms with Crippen LogP contribution in [0, 0.1) is 64.6 Å². The molecule has 8 atom stereocenters. The molecule has 8 unspecified atom stereocenters. The number of hydrogen-bond donors (Lipinski definition) is 0. The van der Waals surface area contributed by atoms with Gasteiger partial charge < -0.3 is 0 Å². The Morgan fingerprint density at radius 1 is 0.480 bits per heavy atom. The van der Waals surface area contributed by atoms with Gasteiger partial charge in [-0.05, 0) is 90.3 Å². The zero-order valence-corrected chi connectivity index (χ0v) is 17.9. The molecule has 0 aromatic rings. The molecule has 4 aliphatic carbocycles. The summed E-state index contributed by atoms with van der Waals surface area (Å²) >= 11 is 0. The van der Waals surface area contributed by atoms with E-state index in [0.29, 0.717) is 5.41 Å². The van der Waals surface area contributed by atoms with E-state index in [9.17, 15) is 0 Å². The Labute approximate surface area is 157 Å². The first kappa shape index (κ1) is 18.4. The Bertz CT molecular complexity index is 440. The molecule has 0 bridgehead atoms. The van der Waals surface area contributed by atoms with Crippen molar-refractivity contribution in [2.45, 2.75) is 92.9 Å². The monoisotopic (exact) mass is 344 g/mol. The van der Waals surface area contributed by atoms with Gasteiger partial charge in [-0.3, -0.25) is 0 Å². The summed E-state index contributed by atoms with van der Waals surface area (Å²) in [5.41, 5.74) is 0.537. The average molecular weight is 345 g/mol. The van der Waals surface area contributed by atoms with Gasteiger partial charge in [0.2, 0.25) is 0 Å². The Kier molecular flexibility index (Phi) is 4.82. The fourth-order valence-corrected chi connectivity index (χ4v) is 9.42. The Balaban J connectivity index is 1.68. The minimum Gasteiger partial charge on any atom is -0.0620 e. The van der Waals surface area contributed by atoms with Crippen LogP contribution in [0.25, 0.3) is 0 Å². The SMILES string of the molecule is CC1C(C)C(C)C(C(C)(C)C2C3CCCCC3C3CCCCC32)C1C. The first-order valence-corrected chi connectivity index (χ1v) is 11.9. The summed E-state index contributed by atoms with van der Waals surface area (Å²) in [6.07, 6.45) is 12.4. The highest BCUT2D eigenvalue weighted by Gasteiger charge is 2.60. The molecule has 0 heterocycles. The normalized spacial score (nSPS) is 53.5. The van der Waals surface area contributed by atoms with Crippen LogP contribution in [0.5, 0.6) is 0 Å². The second-order valence-corrected chi connectivity index (χ2v) is 11.5. The highest BCUT2D eigenvalue weighted by atomic mass is 14.6. The van der Waals surface area contributed by atoms with Crippen molar-refractivity contribution in [1.82, 2.24) is 0 Å². The van der Waals surface area contributed by atoms with Crippen LogP contribution in [0.1, 0.15) is 92.9 Å². The molecule has 0 aliphatic heterocycles. The highest BCUT2D eigenvalue weighted by molar-refractivity contribution is 5.08. The molecule has 0 heteroatoms. The van der Waals surface area contributed by atoms with Gasteiger partial charge in [0.15, 0.2) is 0 Å². The van der Waals surface area contributed by atoms with E-state index < -0.39 is 0 Å². The van der Waals surface area contributed by atoms with Crippen molar-refractivity contribution >= 4 is 0 Å². The Hall–Kier alpha value is 0. The van der Waals surface area contributed by atoms with Crippen molar-refractivity contribution < 1.29 is 0 Å². The van der Waals surface area contributed by atoms with E-state index in [1.165, 1.54) is 25.7 Å². The number of rotatable bonds is 2. The summed E-state index contributed by atoms with van der Waals surface area (Å²) in [6, 6.07) is 0. The lowest BCUT2D eigenvalue weighted by Crippen LogP contribution is -2.43. The molecule has 4 fully saturated rings. The molecule has 0 saturated heterocycles. The molecule has 0 spiro atoms. The summed E-state index contributed by atoms with van der Waals surface area (Å²) in [4.78, 5) is 0. The lowest BCUT2D eigenvalue weighted by Gasteiger charge is -2.49. The largest absolute Gasteiger partial charge is 0.0620 e. The smallest absolute Gasteiger partial charge is 0.0287 e. The van der Waals surface area contributed by atoms with Gasteiger partial charge in [0.25, 0.3) is 0 Å². The van der Waals surface area contributed by atoms with Crippen molar-refractivity contribution in [3.8, 4) is 0 Å². The predicted octanol–water partition coefficient (Wildman–Crippen LogP) is 7.43. The van der Waals surface area contributed by atoms with Crippen LogP contribution >= 0.6 is 0 Å². The summed E-state index contributed by atoms with van der Waals surface area (Å²) in [6.45, 7) is 15.7. The molecule has 4 aliphatic rings. The van der Waals surface area contributed by atoms with Crippen LogP contribution in [-0.2, 0) is 0 Å².